The Morgan fingerprint density at radius 2 is 1.81 bits per heavy atom. The van der Waals surface area contributed by atoms with Crippen LogP contribution in [0.25, 0.3) is 0 Å². The summed E-state index contributed by atoms with van der Waals surface area (Å²) in [6.07, 6.45) is 3.67. The Bertz CT molecular complexity index is 889. The number of carbonyl (C=O) groups excluding carboxylic acids is 2. The molecule has 0 spiro atoms. The lowest BCUT2D eigenvalue weighted by atomic mass is 9.78. The predicted octanol–water partition coefficient (Wildman–Crippen LogP) is 2.93. The number of ether oxygens (including phenoxy) is 1. The van der Waals surface area contributed by atoms with Crippen LogP contribution in [0.5, 0.6) is 5.75 Å². The van der Waals surface area contributed by atoms with Crippen LogP contribution in [-0.4, -0.2) is 64.2 Å². The van der Waals surface area contributed by atoms with Gasteiger partial charge in [-0.15, -0.1) is 0 Å². The van der Waals surface area contributed by atoms with E-state index in [9.17, 15) is 9.59 Å². The number of nitrogens with zero attached hydrogens (tertiary/aromatic N) is 4. The zero-order chi connectivity index (χ0) is 21.8. The molecule has 0 unspecified atom stereocenters. The van der Waals surface area contributed by atoms with Crippen LogP contribution in [0, 0.1) is 17.8 Å². The summed E-state index contributed by atoms with van der Waals surface area (Å²) in [7, 11) is 0. The maximum absolute atomic E-state index is 13.2. The highest BCUT2D eigenvalue weighted by Gasteiger charge is 2.41. The predicted molar refractivity (Wildman–Crippen MR) is 118 cm³/mol. The number of aromatic nitrogens is 2. The van der Waals surface area contributed by atoms with Crippen LogP contribution in [-0.2, 0) is 11.3 Å². The minimum absolute atomic E-state index is 0.0488. The van der Waals surface area contributed by atoms with E-state index in [0.717, 1.165) is 38.2 Å². The van der Waals surface area contributed by atoms with Crippen LogP contribution in [0.3, 0.4) is 0 Å². The summed E-state index contributed by atoms with van der Waals surface area (Å²) in [4.78, 5) is 28.9. The number of hydrogen-bond donors (Lipinski definition) is 0. The average molecular weight is 425 g/mol. The van der Waals surface area contributed by atoms with Crippen molar-refractivity contribution in [3.8, 4) is 5.75 Å². The van der Waals surface area contributed by atoms with E-state index in [0.29, 0.717) is 37.2 Å². The molecule has 1 aromatic carbocycles. The number of para-hydroxylation sites is 1. The Labute approximate surface area is 184 Å². The molecule has 0 bridgehead atoms. The number of carbonyl (C=O) groups is 2. The Hall–Kier alpha value is -2.83. The number of aryl methyl sites for hydroxylation is 1. The summed E-state index contributed by atoms with van der Waals surface area (Å²) in [5.74, 6) is 2.21. The van der Waals surface area contributed by atoms with Gasteiger partial charge in [-0.3, -0.25) is 14.3 Å². The number of hydrogen-bond acceptors (Lipinski definition) is 4. The monoisotopic (exact) mass is 424 g/mol. The highest BCUT2D eigenvalue weighted by atomic mass is 16.5. The van der Waals surface area contributed by atoms with E-state index >= 15 is 0 Å². The second-order valence-electron chi connectivity index (χ2n) is 8.63. The number of amides is 2. The van der Waals surface area contributed by atoms with Crippen molar-refractivity contribution in [3.05, 3.63) is 48.3 Å². The third-order valence-corrected chi connectivity index (χ3v) is 6.81. The molecule has 0 N–H and O–H groups in total. The molecule has 0 aliphatic carbocycles. The van der Waals surface area contributed by atoms with Gasteiger partial charge in [0.25, 0.3) is 5.91 Å². The molecule has 2 aliphatic rings. The second-order valence-corrected chi connectivity index (χ2v) is 8.63. The van der Waals surface area contributed by atoms with E-state index in [1.54, 1.807) is 23.9 Å². The van der Waals surface area contributed by atoms with E-state index in [2.05, 4.69) is 5.10 Å². The molecule has 0 saturated carbocycles. The molecular weight excluding hydrogens is 392 g/mol. The van der Waals surface area contributed by atoms with E-state index in [-0.39, 0.29) is 17.7 Å². The van der Waals surface area contributed by atoms with Crippen molar-refractivity contribution in [1.29, 1.82) is 0 Å². The minimum atomic E-state index is 0.0488. The highest BCUT2D eigenvalue weighted by molar-refractivity contribution is 5.92. The van der Waals surface area contributed by atoms with Crippen molar-refractivity contribution in [2.45, 2.75) is 33.2 Å². The standard InChI is InChI=1S/C24H32N4O3/c1-3-28-23(9-12-25-28)24(30)27-15-20(17-31-21-7-5-4-6-8-21)22(16-27)19-10-13-26(14-11-19)18(2)29/h4-9,12,19-20,22H,3,10-11,13-17H2,1-2H3/t20-,22-/m0/s1. The van der Waals surface area contributed by atoms with Crippen molar-refractivity contribution in [2.75, 3.05) is 32.8 Å². The third kappa shape index (κ3) is 4.75. The fourth-order valence-corrected chi connectivity index (χ4v) is 5.06. The Kier molecular flexibility index (Phi) is 6.59. The Morgan fingerprint density at radius 1 is 1.06 bits per heavy atom. The smallest absolute Gasteiger partial charge is 0.272 e. The molecular formula is C24H32N4O3. The van der Waals surface area contributed by atoms with Gasteiger partial charge in [0.1, 0.15) is 11.4 Å². The SMILES string of the molecule is CCn1nccc1C(=O)N1C[C@@H](COc2ccccc2)[C@H](C2CCN(C(C)=O)CC2)C1. The number of rotatable bonds is 6. The summed E-state index contributed by atoms with van der Waals surface area (Å²) in [5.41, 5.74) is 0.650. The lowest BCUT2D eigenvalue weighted by Crippen LogP contribution is -2.40. The maximum atomic E-state index is 13.2. The van der Waals surface area contributed by atoms with E-state index in [1.807, 2.05) is 47.1 Å². The number of piperidine rings is 1. The van der Waals surface area contributed by atoms with Gasteiger partial charge in [-0.1, -0.05) is 18.2 Å². The van der Waals surface area contributed by atoms with E-state index in [1.165, 1.54) is 0 Å². The van der Waals surface area contributed by atoms with Crippen LogP contribution >= 0.6 is 0 Å². The normalized spacial score (nSPS) is 22.0. The fraction of sp³-hybridized carbons (Fsp3) is 0.542. The van der Waals surface area contributed by atoms with E-state index < -0.39 is 0 Å². The van der Waals surface area contributed by atoms with Gasteiger partial charge in [-0.2, -0.15) is 5.10 Å². The Balaban J connectivity index is 1.47. The van der Waals surface area contributed by atoms with Crippen molar-refractivity contribution in [1.82, 2.24) is 19.6 Å². The summed E-state index contributed by atoms with van der Waals surface area (Å²) in [5, 5.41) is 4.26. The van der Waals surface area contributed by atoms with Gasteiger partial charge >= 0.3 is 0 Å². The molecule has 166 valence electrons. The third-order valence-electron chi connectivity index (χ3n) is 6.81. The first-order valence-corrected chi connectivity index (χ1v) is 11.3. The molecule has 0 radical (unpaired) electrons. The van der Waals surface area contributed by atoms with Crippen molar-refractivity contribution < 1.29 is 14.3 Å². The molecule has 3 heterocycles. The summed E-state index contributed by atoms with van der Waals surface area (Å²) < 4.78 is 7.87. The first-order valence-electron chi connectivity index (χ1n) is 11.3. The number of likely N-dealkylation sites (tertiary alicyclic amines) is 2. The first-order chi connectivity index (χ1) is 15.1. The maximum Gasteiger partial charge on any atom is 0.272 e. The topological polar surface area (TPSA) is 67.7 Å². The quantitative estimate of drug-likeness (QED) is 0.715. The molecule has 4 rings (SSSR count). The molecule has 1 aromatic heterocycles. The van der Waals surface area contributed by atoms with Crippen LogP contribution in [0.4, 0.5) is 0 Å². The highest BCUT2D eigenvalue weighted by Crippen LogP contribution is 2.36. The van der Waals surface area contributed by atoms with Crippen molar-refractivity contribution in [3.63, 3.8) is 0 Å². The minimum Gasteiger partial charge on any atom is -0.493 e. The van der Waals surface area contributed by atoms with E-state index in [4.69, 9.17) is 4.74 Å². The first kappa shape index (κ1) is 21.4. The van der Waals surface area contributed by atoms with Crippen LogP contribution in [0.15, 0.2) is 42.6 Å². The molecule has 2 atom stereocenters. The summed E-state index contributed by atoms with van der Waals surface area (Å²) in [6.45, 7) is 7.95. The van der Waals surface area contributed by atoms with Crippen LogP contribution < -0.4 is 4.74 Å². The largest absolute Gasteiger partial charge is 0.493 e. The van der Waals surface area contributed by atoms with Crippen molar-refractivity contribution in [2.24, 2.45) is 17.8 Å². The average Bonchev–Trinajstić information content (AvgIpc) is 3.45. The van der Waals surface area contributed by atoms with Gasteiger partial charge in [0.2, 0.25) is 5.91 Å². The van der Waals surface area contributed by atoms with Gasteiger partial charge in [-0.25, -0.2) is 0 Å². The molecule has 2 fully saturated rings. The lowest BCUT2D eigenvalue weighted by molar-refractivity contribution is -0.130. The summed E-state index contributed by atoms with van der Waals surface area (Å²) >= 11 is 0. The number of benzene rings is 1. The molecule has 7 heteroatoms. The van der Waals surface area contributed by atoms with Crippen LogP contribution in [0.1, 0.15) is 37.2 Å². The van der Waals surface area contributed by atoms with Crippen LogP contribution in [0.2, 0.25) is 0 Å². The summed E-state index contributed by atoms with van der Waals surface area (Å²) in [6, 6.07) is 11.7. The zero-order valence-corrected chi connectivity index (χ0v) is 18.4. The fourth-order valence-electron chi connectivity index (χ4n) is 5.06. The van der Waals surface area contributed by atoms with Gasteiger partial charge < -0.3 is 14.5 Å². The van der Waals surface area contributed by atoms with Gasteiger partial charge in [0.15, 0.2) is 0 Å². The second kappa shape index (κ2) is 9.54. The molecule has 31 heavy (non-hydrogen) atoms. The van der Waals surface area contributed by atoms with Crippen molar-refractivity contribution >= 4 is 11.8 Å². The molecule has 7 nitrogen and oxygen atoms in total. The zero-order valence-electron chi connectivity index (χ0n) is 18.4. The molecule has 2 saturated heterocycles. The molecule has 2 aromatic rings. The molecule has 2 aliphatic heterocycles. The van der Waals surface area contributed by atoms with Gasteiger partial charge in [0.05, 0.1) is 6.61 Å². The lowest BCUT2D eigenvalue weighted by Gasteiger charge is -2.36. The van der Waals surface area contributed by atoms with Gasteiger partial charge in [0, 0.05) is 51.8 Å². The Morgan fingerprint density at radius 3 is 2.48 bits per heavy atom. The molecule has 2 amide bonds. The van der Waals surface area contributed by atoms with Gasteiger partial charge in [-0.05, 0) is 49.8 Å².